The highest BCUT2D eigenvalue weighted by molar-refractivity contribution is 9.10. The number of halogens is 1. The second-order valence-corrected chi connectivity index (χ2v) is 5.96. The lowest BCUT2D eigenvalue weighted by Gasteiger charge is -2.25. The first kappa shape index (κ1) is 14.5. The van der Waals surface area contributed by atoms with Crippen LogP contribution in [0.3, 0.4) is 0 Å². The van der Waals surface area contributed by atoms with Crippen molar-refractivity contribution >= 4 is 21.6 Å². The Balaban J connectivity index is 2.59. The van der Waals surface area contributed by atoms with Crippen LogP contribution in [0.4, 0.5) is 5.69 Å². The Morgan fingerprint density at radius 2 is 1.76 bits per heavy atom. The Bertz CT molecular complexity index is 323. The topological polar surface area (TPSA) is 32.3 Å². The molecule has 0 amide bonds. The van der Waals surface area contributed by atoms with E-state index in [1.807, 2.05) is 24.3 Å². The van der Waals surface area contributed by atoms with Crippen LogP contribution in [0.15, 0.2) is 28.7 Å². The highest BCUT2D eigenvalue weighted by Crippen LogP contribution is 2.20. The summed E-state index contributed by atoms with van der Waals surface area (Å²) in [7, 11) is 0. The molecule has 17 heavy (non-hydrogen) atoms. The molecule has 3 heteroatoms. The summed E-state index contributed by atoms with van der Waals surface area (Å²) in [6.07, 6.45) is 1.12. The summed E-state index contributed by atoms with van der Waals surface area (Å²) in [6, 6.07) is 8.18. The van der Waals surface area contributed by atoms with Crippen LogP contribution in [-0.4, -0.2) is 17.8 Å². The summed E-state index contributed by atoms with van der Waals surface area (Å²) >= 11 is 3.41. The van der Waals surface area contributed by atoms with Crippen molar-refractivity contribution in [1.82, 2.24) is 0 Å². The van der Waals surface area contributed by atoms with Gasteiger partial charge in [0.05, 0.1) is 12.6 Å². The maximum absolute atomic E-state index is 9.45. The summed E-state index contributed by atoms with van der Waals surface area (Å²) in [5.41, 5.74) is 1.06. The zero-order chi connectivity index (χ0) is 12.8. The normalized spacial score (nSPS) is 14.7. The molecule has 0 spiro atoms. The van der Waals surface area contributed by atoms with Crippen molar-refractivity contribution in [3.8, 4) is 0 Å². The van der Waals surface area contributed by atoms with Crippen LogP contribution in [0.25, 0.3) is 0 Å². The summed E-state index contributed by atoms with van der Waals surface area (Å²) in [5.74, 6) is 1.12. The van der Waals surface area contributed by atoms with Gasteiger partial charge in [-0.2, -0.15) is 0 Å². The molecule has 2 N–H and O–H groups in total. The molecule has 1 rings (SSSR count). The van der Waals surface area contributed by atoms with Crippen molar-refractivity contribution in [1.29, 1.82) is 0 Å². The van der Waals surface area contributed by atoms with E-state index in [0.717, 1.165) is 16.6 Å². The van der Waals surface area contributed by atoms with Gasteiger partial charge in [0, 0.05) is 10.2 Å². The Hall–Kier alpha value is -0.540. The maximum Gasteiger partial charge on any atom is 0.0635 e. The molecule has 0 fully saturated rings. The van der Waals surface area contributed by atoms with Gasteiger partial charge >= 0.3 is 0 Å². The molecule has 2 atom stereocenters. The maximum atomic E-state index is 9.45. The third-order valence-corrected chi connectivity index (χ3v) is 3.45. The summed E-state index contributed by atoms with van der Waals surface area (Å²) in [6.45, 7) is 6.78. The van der Waals surface area contributed by atoms with E-state index in [9.17, 15) is 5.11 Å². The molecule has 1 aromatic rings. The van der Waals surface area contributed by atoms with Crippen molar-refractivity contribution in [2.75, 3.05) is 11.9 Å². The van der Waals surface area contributed by atoms with E-state index in [1.54, 1.807) is 0 Å². The van der Waals surface area contributed by atoms with Gasteiger partial charge < -0.3 is 10.4 Å². The molecule has 0 aliphatic rings. The van der Waals surface area contributed by atoms with Gasteiger partial charge in [-0.1, -0.05) is 36.7 Å². The Morgan fingerprint density at radius 3 is 2.24 bits per heavy atom. The van der Waals surface area contributed by atoms with Gasteiger partial charge in [0.15, 0.2) is 0 Å². The standard InChI is InChI=1S/C14H22BrNO/c1-10(2)8-11(3)14(9-17)16-13-6-4-12(15)5-7-13/h4-7,10-11,14,16-17H,8-9H2,1-3H3. The van der Waals surface area contributed by atoms with E-state index in [0.29, 0.717) is 11.8 Å². The van der Waals surface area contributed by atoms with Crippen molar-refractivity contribution in [2.45, 2.75) is 33.2 Å². The summed E-state index contributed by atoms with van der Waals surface area (Å²) in [5, 5.41) is 12.8. The van der Waals surface area contributed by atoms with Crippen LogP contribution in [0, 0.1) is 11.8 Å². The SMILES string of the molecule is CC(C)CC(C)C(CO)Nc1ccc(Br)cc1. The molecule has 0 heterocycles. The number of anilines is 1. The third kappa shape index (κ3) is 5.09. The first-order chi connectivity index (χ1) is 8.02. The summed E-state index contributed by atoms with van der Waals surface area (Å²) < 4.78 is 1.07. The molecule has 2 nitrogen and oxygen atoms in total. The Labute approximate surface area is 113 Å². The van der Waals surface area contributed by atoms with Crippen molar-refractivity contribution in [3.05, 3.63) is 28.7 Å². The van der Waals surface area contributed by atoms with Gasteiger partial charge in [-0.05, 0) is 42.5 Å². The lowest BCUT2D eigenvalue weighted by atomic mass is 9.92. The molecule has 96 valence electrons. The molecule has 0 aromatic heterocycles. The van der Waals surface area contributed by atoms with Crippen molar-refractivity contribution in [3.63, 3.8) is 0 Å². The second-order valence-electron chi connectivity index (χ2n) is 5.05. The second kappa shape index (κ2) is 7.02. The van der Waals surface area contributed by atoms with E-state index >= 15 is 0 Å². The van der Waals surface area contributed by atoms with Gasteiger partial charge in [0.25, 0.3) is 0 Å². The smallest absolute Gasteiger partial charge is 0.0635 e. The fourth-order valence-electron chi connectivity index (χ4n) is 2.04. The van der Waals surface area contributed by atoms with Crippen LogP contribution in [0.2, 0.25) is 0 Å². The van der Waals surface area contributed by atoms with Gasteiger partial charge in [-0.15, -0.1) is 0 Å². The number of aliphatic hydroxyl groups is 1. The van der Waals surface area contributed by atoms with Crippen LogP contribution >= 0.6 is 15.9 Å². The van der Waals surface area contributed by atoms with Crippen LogP contribution < -0.4 is 5.32 Å². The molecule has 0 aliphatic carbocycles. The molecular formula is C14H22BrNO. The largest absolute Gasteiger partial charge is 0.394 e. The zero-order valence-corrected chi connectivity index (χ0v) is 12.4. The van der Waals surface area contributed by atoms with Crippen molar-refractivity contribution in [2.24, 2.45) is 11.8 Å². The number of nitrogens with one attached hydrogen (secondary N) is 1. The quantitative estimate of drug-likeness (QED) is 0.835. The number of benzene rings is 1. The van der Waals surface area contributed by atoms with E-state index in [4.69, 9.17) is 0 Å². The number of rotatable bonds is 6. The zero-order valence-electron chi connectivity index (χ0n) is 10.8. The average Bonchev–Trinajstić information content (AvgIpc) is 2.27. The van der Waals surface area contributed by atoms with E-state index in [1.165, 1.54) is 0 Å². The number of hydrogen-bond donors (Lipinski definition) is 2. The molecule has 0 saturated heterocycles. The number of hydrogen-bond acceptors (Lipinski definition) is 2. The average molecular weight is 300 g/mol. The Kier molecular flexibility index (Phi) is 6.00. The van der Waals surface area contributed by atoms with Gasteiger partial charge in [0.1, 0.15) is 0 Å². The fourth-order valence-corrected chi connectivity index (χ4v) is 2.30. The lowest BCUT2D eigenvalue weighted by molar-refractivity contribution is 0.231. The molecule has 0 saturated carbocycles. The van der Waals surface area contributed by atoms with E-state index < -0.39 is 0 Å². The molecule has 0 bridgehead atoms. The minimum atomic E-state index is 0.124. The molecular weight excluding hydrogens is 278 g/mol. The number of aliphatic hydroxyl groups excluding tert-OH is 1. The molecule has 0 radical (unpaired) electrons. The first-order valence-electron chi connectivity index (χ1n) is 6.16. The van der Waals surface area contributed by atoms with Gasteiger partial charge in [0.2, 0.25) is 0 Å². The highest BCUT2D eigenvalue weighted by Gasteiger charge is 2.17. The third-order valence-electron chi connectivity index (χ3n) is 2.92. The minimum Gasteiger partial charge on any atom is -0.394 e. The Morgan fingerprint density at radius 1 is 1.18 bits per heavy atom. The van der Waals surface area contributed by atoms with E-state index in [2.05, 4.69) is 42.0 Å². The molecule has 1 aromatic carbocycles. The fraction of sp³-hybridized carbons (Fsp3) is 0.571. The van der Waals surface area contributed by atoms with Gasteiger partial charge in [-0.25, -0.2) is 0 Å². The highest BCUT2D eigenvalue weighted by atomic mass is 79.9. The summed E-state index contributed by atoms with van der Waals surface area (Å²) in [4.78, 5) is 0. The van der Waals surface area contributed by atoms with Crippen LogP contribution in [0.1, 0.15) is 27.2 Å². The van der Waals surface area contributed by atoms with E-state index in [-0.39, 0.29) is 12.6 Å². The van der Waals surface area contributed by atoms with Crippen molar-refractivity contribution < 1.29 is 5.11 Å². The molecule has 0 aliphatic heterocycles. The monoisotopic (exact) mass is 299 g/mol. The van der Waals surface area contributed by atoms with Crippen LogP contribution in [0.5, 0.6) is 0 Å². The predicted octanol–water partition coefficient (Wildman–Crippen LogP) is 3.90. The van der Waals surface area contributed by atoms with Crippen LogP contribution in [-0.2, 0) is 0 Å². The lowest BCUT2D eigenvalue weighted by Crippen LogP contribution is -2.31. The predicted molar refractivity (Wildman–Crippen MR) is 77.3 cm³/mol. The first-order valence-corrected chi connectivity index (χ1v) is 6.95. The van der Waals surface area contributed by atoms with Gasteiger partial charge in [-0.3, -0.25) is 0 Å². The minimum absolute atomic E-state index is 0.124. The molecule has 2 unspecified atom stereocenters.